The van der Waals surface area contributed by atoms with E-state index in [4.69, 9.17) is 0 Å². The second-order valence-corrected chi connectivity index (χ2v) is 9.77. The van der Waals surface area contributed by atoms with E-state index >= 15 is 0 Å². The number of fused-ring (bicyclic) bond motifs is 1. The van der Waals surface area contributed by atoms with Crippen LogP contribution >= 0.6 is 11.3 Å². The molecule has 0 radical (unpaired) electrons. The smallest absolute Gasteiger partial charge is 0.314 e. The summed E-state index contributed by atoms with van der Waals surface area (Å²) in [5.74, 6) is 0.246. The van der Waals surface area contributed by atoms with Gasteiger partial charge >= 0.3 is 6.03 Å². The van der Waals surface area contributed by atoms with Gasteiger partial charge in [-0.25, -0.2) is 18.2 Å². The summed E-state index contributed by atoms with van der Waals surface area (Å²) in [5, 5.41) is 6.12. The molecule has 1 aromatic heterocycles. The van der Waals surface area contributed by atoms with Crippen molar-refractivity contribution in [1.82, 2.24) is 15.6 Å². The highest BCUT2D eigenvalue weighted by atomic mass is 32.2. The first-order chi connectivity index (χ1) is 11.0. The molecule has 0 unspecified atom stereocenters. The third-order valence-corrected chi connectivity index (χ3v) is 7.96. The summed E-state index contributed by atoms with van der Waals surface area (Å²) >= 11 is 1.76. The van der Waals surface area contributed by atoms with Crippen LogP contribution in [0.5, 0.6) is 0 Å². The van der Waals surface area contributed by atoms with Crippen LogP contribution in [-0.2, 0) is 29.1 Å². The van der Waals surface area contributed by atoms with Gasteiger partial charge in [0.05, 0.1) is 21.7 Å². The number of sulfone groups is 1. The zero-order valence-corrected chi connectivity index (χ0v) is 14.8. The van der Waals surface area contributed by atoms with E-state index in [0.29, 0.717) is 19.4 Å². The van der Waals surface area contributed by atoms with Crippen molar-refractivity contribution >= 4 is 27.2 Å². The maximum Gasteiger partial charge on any atom is 0.314 e. The van der Waals surface area contributed by atoms with Crippen molar-refractivity contribution < 1.29 is 13.2 Å². The molecule has 2 N–H and O–H groups in total. The molecule has 0 spiro atoms. The fourth-order valence-corrected chi connectivity index (χ4v) is 6.07. The molecular formula is C15H23N3O3S2. The zero-order valence-electron chi connectivity index (χ0n) is 13.1. The molecule has 0 saturated carbocycles. The maximum absolute atomic E-state index is 11.8. The lowest BCUT2D eigenvalue weighted by Crippen LogP contribution is -2.41. The largest absolute Gasteiger partial charge is 0.338 e. The maximum atomic E-state index is 11.8. The number of aryl methyl sites for hydroxylation is 2. The van der Waals surface area contributed by atoms with Gasteiger partial charge in [0.2, 0.25) is 0 Å². The number of thiazole rings is 1. The fourth-order valence-electron chi connectivity index (χ4n) is 3.15. The van der Waals surface area contributed by atoms with E-state index in [1.54, 1.807) is 11.3 Å². The Kier molecular flexibility index (Phi) is 5.21. The highest BCUT2D eigenvalue weighted by molar-refractivity contribution is 7.92. The summed E-state index contributed by atoms with van der Waals surface area (Å²) < 4.78 is 23.4. The number of carbonyl (C=O) groups excluding carboxylic acids is 1. The molecule has 2 heterocycles. The standard InChI is InChI=1S/C15H23N3O3S2/c19-15(17-10-11-4-3-9-23(11,20)21)16-8-7-14-18-12-5-1-2-6-13(12)22-14/h11H,1-10H2,(H2,16,17,19)/t11-/m0/s1. The van der Waals surface area contributed by atoms with E-state index in [9.17, 15) is 13.2 Å². The Hall–Kier alpha value is -1.15. The second-order valence-electron chi connectivity index (χ2n) is 6.20. The van der Waals surface area contributed by atoms with Crippen molar-refractivity contribution in [3.63, 3.8) is 0 Å². The van der Waals surface area contributed by atoms with Crippen LogP contribution in [0.4, 0.5) is 4.79 Å². The molecule has 6 nitrogen and oxygen atoms in total. The molecule has 3 rings (SSSR count). The van der Waals surface area contributed by atoms with Crippen LogP contribution in [0.1, 0.15) is 41.3 Å². The highest BCUT2D eigenvalue weighted by Crippen LogP contribution is 2.26. The molecular weight excluding hydrogens is 334 g/mol. The first-order valence-corrected chi connectivity index (χ1v) is 10.8. The number of nitrogens with zero attached hydrogens (tertiary/aromatic N) is 1. The Morgan fingerprint density at radius 1 is 1.22 bits per heavy atom. The lowest BCUT2D eigenvalue weighted by Gasteiger charge is -2.11. The van der Waals surface area contributed by atoms with E-state index < -0.39 is 15.1 Å². The van der Waals surface area contributed by atoms with Crippen LogP contribution in [0.15, 0.2) is 0 Å². The minimum atomic E-state index is -3.00. The molecule has 1 aromatic rings. The van der Waals surface area contributed by atoms with E-state index in [-0.39, 0.29) is 18.3 Å². The Bertz CT molecular complexity index is 646. The normalized spacial score (nSPS) is 22.5. The topological polar surface area (TPSA) is 88.2 Å². The number of carbonyl (C=O) groups is 1. The van der Waals surface area contributed by atoms with Crippen molar-refractivity contribution in [3.8, 4) is 0 Å². The Morgan fingerprint density at radius 3 is 2.78 bits per heavy atom. The summed E-state index contributed by atoms with van der Waals surface area (Å²) in [5.41, 5.74) is 1.24. The number of rotatable bonds is 5. The molecule has 2 amide bonds. The van der Waals surface area contributed by atoms with Gasteiger partial charge < -0.3 is 10.6 Å². The number of nitrogens with one attached hydrogen (secondary N) is 2. The van der Waals surface area contributed by atoms with Crippen LogP contribution < -0.4 is 10.6 Å². The van der Waals surface area contributed by atoms with Gasteiger partial charge in [0.25, 0.3) is 0 Å². The lowest BCUT2D eigenvalue weighted by atomic mass is 10.0. The van der Waals surface area contributed by atoms with E-state index in [2.05, 4.69) is 15.6 Å². The molecule has 1 atom stereocenters. The average Bonchev–Trinajstić information content (AvgIpc) is 3.07. The summed E-state index contributed by atoms with van der Waals surface area (Å²) in [7, 11) is -3.00. The lowest BCUT2D eigenvalue weighted by molar-refractivity contribution is 0.241. The van der Waals surface area contributed by atoms with Gasteiger partial charge in [-0.3, -0.25) is 0 Å². The molecule has 2 aliphatic rings. The van der Waals surface area contributed by atoms with Crippen molar-refractivity contribution in [2.24, 2.45) is 0 Å². The van der Waals surface area contributed by atoms with Crippen LogP contribution in [0.2, 0.25) is 0 Å². The number of aromatic nitrogens is 1. The van der Waals surface area contributed by atoms with Crippen LogP contribution in [0, 0.1) is 0 Å². The van der Waals surface area contributed by atoms with E-state index in [1.807, 2.05) is 0 Å². The van der Waals surface area contributed by atoms with Crippen LogP contribution in [-0.4, -0.2) is 43.5 Å². The van der Waals surface area contributed by atoms with Gasteiger partial charge in [-0.2, -0.15) is 0 Å². The zero-order chi connectivity index (χ0) is 16.3. The Labute approximate surface area is 141 Å². The molecule has 0 aromatic carbocycles. The van der Waals surface area contributed by atoms with Crippen molar-refractivity contribution in [3.05, 3.63) is 15.6 Å². The van der Waals surface area contributed by atoms with Crippen molar-refractivity contribution in [2.45, 2.75) is 50.2 Å². The second kappa shape index (κ2) is 7.17. The molecule has 0 bridgehead atoms. The number of hydrogen-bond donors (Lipinski definition) is 2. The predicted molar refractivity (Wildman–Crippen MR) is 90.7 cm³/mol. The highest BCUT2D eigenvalue weighted by Gasteiger charge is 2.31. The van der Waals surface area contributed by atoms with Gasteiger partial charge in [-0.05, 0) is 38.5 Å². The quantitative estimate of drug-likeness (QED) is 0.835. The molecule has 128 valence electrons. The van der Waals surface area contributed by atoms with E-state index in [0.717, 1.165) is 24.3 Å². The number of amides is 2. The summed E-state index contributed by atoms with van der Waals surface area (Å²) in [6, 6.07) is -0.298. The third kappa shape index (κ3) is 4.23. The number of hydrogen-bond acceptors (Lipinski definition) is 5. The average molecular weight is 358 g/mol. The van der Waals surface area contributed by atoms with Gasteiger partial charge in [0.1, 0.15) is 0 Å². The fraction of sp³-hybridized carbons (Fsp3) is 0.733. The monoisotopic (exact) mass is 357 g/mol. The predicted octanol–water partition coefficient (Wildman–Crippen LogP) is 1.44. The molecule has 1 aliphatic heterocycles. The minimum absolute atomic E-state index is 0.208. The number of urea groups is 1. The summed E-state index contributed by atoms with van der Waals surface area (Å²) in [6.07, 6.45) is 6.76. The SMILES string of the molecule is O=C(NCCc1nc2c(s1)CCCC2)NC[C@@H]1CCCS1(=O)=O. The molecule has 1 aliphatic carbocycles. The third-order valence-electron chi connectivity index (χ3n) is 4.47. The van der Waals surface area contributed by atoms with Crippen LogP contribution in [0.25, 0.3) is 0 Å². The van der Waals surface area contributed by atoms with Gasteiger partial charge in [-0.15, -0.1) is 11.3 Å². The molecule has 23 heavy (non-hydrogen) atoms. The van der Waals surface area contributed by atoms with Gasteiger partial charge in [0.15, 0.2) is 9.84 Å². The summed E-state index contributed by atoms with van der Waals surface area (Å²) in [6.45, 7) is 0.732. The van der Waals surface area contributed by atoms with E-state index in [1.165, 1.54) is 23.4 Å². The molecule has 8 heteroatoms. The Balaban J connectivity index is 1.38. The first kappa shape index (κ1) is 16.7. The first-order valence-electron chi connectivity index (χ1n) is 8.25. The Morgan fingerprint density at radius 2 is 2.04 bits per heavy atom. The van der Waals surface area contributed by atoms with Crippen LogP contribution in [0.3, 0.4) is 0 Å². The van der Waals surface area contributed by atoms with Crippen molar-refractivity contribution in [1.29, 1.82) is 0 Å². The van der Waals surface area contributed by atoms with Gasteiger partial charge in [-0.1, -0.05) is 0 Å². The molecule has 1 fully saturated rings. The molecule has 1 saturated heterocycles. The minimum Gasteiger partial charge on any atom is -0.338 e. The van der Waals surface area contributed by atoms with Gasteiger partial charge in [0, 0.05) is 24.4 Å². The van der Waals surface area contributed by atoms with Crippen molar-refractivity contribution in [2.75, 3.05) is 18.8 Å². The summed E-state index contributed by atoms with van der Waals surface area (Å²) in [4.78, 5) is 17.8.